The number of hydrogen-bond acceptors (Lipinski definition) is 3. The third kappa shape index (κ3) is 3.47. The van der Waals surface area contributed by atoms with Crippen LogP contribution in [-0.2, 0) is 6.61 Å². The van der Waals surface area contributed by atoms with Crippen LogP contribution in [0.25, 0.3) is 0 Å². The van der Waals surface area contributed by atoms with Gasteiger partial charge in [0.25, 0.3) is 0 Å². The van der Waals surface area contributed by atoms with Crippen LogP contribution >= 0.6 is 15.9 Å². The van der Waals surface area contributed by atoms with Crippen molar-refractivity contribution in [2.75, 3.05) is 6.61 Å². The maximum absolute atomic E-state index is 5.74. The standard InChI is InChI=1S/C14H14BrNO2/c1-2-17-14-8-13(12(15)9-16-14)18-10-11-6-4-3-5-7-11/h3-9H,2,10H2,1H3. The minimum Gasteiger partial charge on any atom is -0.487 e. The molecule has 94 valence electrons. The van der Waals surface area contributed by atoms with Crippen LogP contribution in [0.2, 0.25) is 0 Å². The third-order valence-corrected chi connectivity index (χ3v) is 2.92. The summed E-state index contributed by atoms with van der Waals surface area (Å²) in [5.74, 6) is 1.31. The molecule has 1 heterocycles. The zero-order chi connectivity index (χ0) is 12.8. The van der Waals surface area contributed by atoms with Crippen LogP contribution in [0.4, 0.5) is 0 Å². The molecule has 0 saturated carbocycles. The maximum atomic E-state index is 5.74. The van der Waals surface area contributed by atoms with Gasteiger partial charge in [-0.15, -0.1) is 0 Å². The normalized spacial score (nSPS) is 10.1. The molecule has 1 aromatic carbocycles. The van der Waals surface area contributed by atoms with Gasteiger partial charge in [-0.2, -0.15) is 0 Å². The Balaban J connectivity index is 2.06. The van der Waals surface area contributed by atoms with E-state index in [1.807, 2.05) is 37.3 Å². The number of rotatable bonds is 5. The van der Waals surface area contributed by atoms with E-state index in [1.165, 1.54) is 0 Å². The van der Waals surface area contributed by atoms with Crippen LogP contribution in [0, 0.1) is 0 Å². The summed E-state index contributed by atoms with van der Waals surface area (Å²) in [6.07, 6.45) is 1.69. The Kier molecular flexibility index (Phi) is 4.59. The van der Waals surface area contributed by atoms with Crippen molar-refractivity contribution < 1.29 is 9.47 Å². The van der Waals surface area contributed by atoms with Crippen molar-refractivity contribution in [2.24, 2.45) is 0 Å². The van der Waals surface area contributed by atoms with E-state index in [4.69, 9.17) is 9.47 Å². The Bertz CT molecular complexity index is 502. The molecule has 0 radical (unpaired) electrons. The molecule has 0 saturated heterocycles. The first-order chi connectivity index (χ1) is 8.79. The molecule has 0 unspecified atom stereocenters. The third-order valence-electron chi connectivity index (χ3n) is 2.32. The van der Waals surface area contributed by atoms with Gasteiger partial charge in [-0.3, -0.25) is 0 Å². The summed E-state index contributed by atoms with van der Waals surface area (Å²) in [5, 5.41) is 0. The van der Waals surface area contributed by atoms with Gasteiger partial charge in [-0.05, 0) is 28.4 Å². The zero-order valence-corrected chi connectivity index (χ0v) is 11.7. The highest BCUT2D eigenvalue weighted by atomic mass is 79.9. The van der Waals surface area contributed by atoms with Crippen LogP contribution in [0.15, 0.2) is 47.1 Å². The van der Waals surface area contributed by atoms with E-state index >= 15 is 0 Å². The number of benzene rings is 1. The van der Waals surface area contributed by atoms with Gasteiger partial charge in [0, 0.05) is 12.3 Å². The van der Waals surface area contributed by atoms with Gasteiger partial charge in [0.05, 0.1) is 11.1 Å². The highest BCUT2D eigenvalue weighted by Crippen LogP contribution is 2.28. The Labute approximate surface area is 115 Å². The molecule has 3 nitrogen and oxygen atoms in total. The number of aromatic nitrogens is 1. The van der Waals surface area contributed by atoms with Crippen LogP contribution in [0.5, 0.6) is 11.6 Å². The lowest BCUT2D eigenvalue weighted by atomic mass is 10.2. The fraction of sp³-hybridized carbons (Fsp3) is 0.214. The summed E-state index contributed by atoms with van der Waals surface area (Å²) in [7, 11) is 0. The molecule has 2 rings (SSSR count). The molecule has 0 spiro atoms. The van der Waals surface area contributed by atoms with E-state index in [2.05, 4.69) is 20.9 Å². The zero-order valence-electron chi connectivity index (χ0n) is 10.1. The van der Waals surface area contributed by atoms with E-state index < -0.39 is 0 Å². The number of nitrogens with zero attached hydrogens (tertiary/aromatic N) is 1. The molecular weight excluding hydrogens is 294 g/mol. The second-order valence-electron chi connectivity index (χ2n) is 3.66. The predicted molar refractivity (Wildman–Crippen MR) is 73.9 cm³/mol. The minimum absolute atomic E-state index is 0.523. The second-order valence-corrected chi connectivity index (χ2v) is 4.51. The fourth-order valence-electron chi connectivity index (χ4n) is 1.48. The van der Waals surface area contributed by atoms with Crippen molar-refractivity contribution in [1.29, 1.82) is 0 Å². The molecule has 0 aliphatic heterocycles. The first-order valence-corrected chi connectivity index (χ1v) is 6.54. The number of pyridine rings is 1. The fourth-order valence-corrected chi connectivity index (χ4v) is 1.81. The van der Waals surface area contributed by atoms with Crippen molar-refractivity contribution in [2.45, 2.75) is 13.5 Å². The van der Waals surface area contributed by atoms with E-state index in [1.54, 1.807) is 12.3 Å². The highest BCUT2D eigenvalue weighted by Gasteiger charge is 2.05. The van der Waals surface area contributed by atoms with Gasteiger partial charge in [0.15, 0.2) is 0 Å². The molecular formula is C14H14BrNO2. The lowest BCUT2D eigenvalue weighted by Crippen LogP contribution is -1.98. The number of ether oxygens (including phenoxy) is 2. The smallest absolute Gasteiger partial charge is 0.217 e. The molecule has 0 fully saturated rings. The molecule has 0 aliphatic carbocycles. The van der Waals surface area contributed by atoms with Gasteiger partial charge < -0.3 is 9.47 Å². The number of hydrogen-bond donors (Lipinski definition) is 0. The molecule has 1 aromatic heterocycles. The van der Waals surface area contributed by atoms with E-state index in [-0.39, 0.29) is 0 Å². The summed E-state index contributed by atoms with van der Waals surface area (Å²) < 4.78 is 11.9. The van der Waals surface area contributed by atoms with Gasteiger partial charge in [0.1, 0.15) is 12.4 Å². The Morgan fingerprint density at radius 3 is 2.67 bits per heavy atom. The number of halogens is 1. The van der Waals surface area contributed by atoms with Crippen molar-refractivity contribution in [3.63, 3.8) is 0 Å². The first-order valence-electron chi connectivity index (χ1n) is 5.74. The van der Waals surface area contributed by atoms with Gasteiger partial charge in [-0.25, -0.2) is 4.98 Å². The van der Waals surface area contributed by atoms with Crippen LogP contribution in [0.1, 0.15) is 12.5 Å². The molecule has 0 amide bonds. The average molecular weight is 308 g/mol. The summed E-state index contributed by atoms with van der Waals surface area (Å²) >= 11 is 3.41. The topological polar surface area (TPSA) is 31.4 Å². The lowest BCUT2D eigenvalue weighted by Gasteiger charge is -2.09. The molecule has 4 heteroatoms. The molecule has 18 heavy (non-hydrogen) atoms. The summed E-state index contributed by atoms with van der Waals surface area (Å²) in [5.41, 5.74) is 1.12. The Hall–Kier alpha value is -1.55. The average Bonchev–Trinajstić information content (AvgIpc) is 2.41. The summed E-state index contributed by atoms with van der Waals surface area (Å²) in [6, 6.07) is 11.8. The Morgan fingerprint density at radius 1 is 1.17 bits per heavy atom. The lowest BCUT2D eigenvalue weighted by molar-refractivity contribution is 0.293. The summed E-state index contributed by atoms with van der Waals surface area (Å²) in [4.78, 5) is 4.13. The van der Waals surface area contributed by atoms with Gasteiger partial charge in [0.2, 0.25) is 5.88 Å². The molecule has 0 N–H and O–H groups in total. The first kappa shape index (κ1) is 12.9. The van der Waals surface area contributed by atoms with Crippen molar-refractivity contribution in [3.05, 3.63) is 52.6 Å². The maximum Gasteiger partial charge on any atom is 0.217 e. The molecule has 0 bridgehead atoms. The minimum atomic E-state index is 0.523. The highest BCUT2D eigenvalue weighted by molar-refractivity contribution is 9.10. The second kappa shape index (κ2) is 6.40. The van der Waals surface area contributed by atoms with Crippen LogP contribution in [0.3, 0.4) is 0 Å². The van der Waals surface area contributed by atoms with Crippen molar-refractivity contribution >= 4 is 15.9 Å². The monoisotopic (exact) mass is 307 g/mol. The largest absolute Gasteiger partial charge is 0.487 e. The van der Waals surface area contributed by atoms with Crippen LogP contribution in [-0.4, -0.2) is 11.6 Å². The van der Waals surface area contributed by atoms with E-state index in [9.17, 15) is 0 Å². The summed E-state index contributed by atoms with van der Waals surface area (Å²) in [6.45, 7) is 3.04. The van der Waals surface area contributed by atoms with E-state index in [0.29, 0.717) is 19.1 Å². The van der Waals surface area contributed by atoms with Crippen molar-refractivity contribution in [1.82, 2.24) is 4.98 Å². The van der Waals surface area contributed by atoms with Gasteiger partial charge >= 0.3 is 0 Å². The van der Waals surface area contributed by atoms with Crippen molar-refractivity contribution in [3.8, 4) is 11.6 Å². The Morgan fingerprint density at radius 2 is 1.94 bits per heavy atom. The predicted octanol–water partition coefficient (Wildman–Crippen LogP) is 3.82. The molecule has 0 aliphatic rings. The van der Waals surface area contributed by atoms with Gasteiger partial charge in [-0.1, -0.05) is 30.3 Å². The van der Waals surface area contributed by atoms with E-state index in [0.717, 1.165) is 15.8 Å². The quantitative estimate of drug-likeness (QED) is 0.841. The SMILES string of the molecule is CCOc1cc(OCc2ccccc2)c(Br)cn1. The molecule has 0 atom stereocenters. The van der Waals surface area contributed by atoms with Crippen LogP contribution < -0.4 is 9.47 Å². The molecule has 2 aromatic rings.